The van der Waals surface area contributed by atoms with Crippen LogP contribution in [0, 0.1) is 0 Å². The van der Waals surface area contributed by atoms with Crippen LogP contribution >= 0.6 is 0 Å². The third kappa shape index (κ3) is 3.00. The lowest BCUT2D eigenvalue weighted by molar-refractivity contribution is 0.100. The third-order valence-electron chi connectivity index (χ3n) is 2.38. The van der Waals surface area contributed by atoms with Crippen molar-refractivity contribution in [2.75, 3.05) is 12.3 Å². The molecule has 0 aliphatic carbocycles. The molecule has 0 saturated carbocycles. The highest BCUT2D eigenvalue weighted by atomic mass is 16.5. The first kappa shape index (κ1) is 12.0. The lowest BCUT2D eigenvalue weighted by Crippen LogP contribution is -2.11. The van der Waals surface area contributed by atoms with E-state index in [1.165, 1.54) is 0 Å². The third-order valence-corrected chi connectivity index (χ3v) is 2.38. The molecule has 2 rings (SSSR count). The molecule has 1 amide bonds. The smallest absolute Gasteiger partial charge is 0.248 e. The summed E-state index contributed by atoms with van der Waals surface area (Å²) in [6, 6.07) is 6.67. The maximum absolute atomic E-state index is 10.9. The van der Waals surface area contributed by atoms with Crippen molar-refractivity contribution in [2.45, 2.75) is 6.54 Å². The molecule has 4 N–H and O–H groups in total. The second-order valence-corrected chi connectivity index (χ2v) is 3.77. The number of hydrogen-bond donors (Lipinski definition) is 2. The molecule has 0 fully saturated rings. The summed E-state index contributed by atoms with van der Waals surface area (Å²) in [5, 5.41) is 4.03. The maximum Gasteiger partial charge on any atom is 0.248 e. The number of ether oxygens (including phenoxy) is 1. The van der Waals surface area contributed by atoms with Crippen molar-refractivity contribution in [3.63, 3.8) is 0 Å². The fourth-order valence-electron chi connectivity index (χ4n) is 1.47. The molecule has 0 aliphatic heterocycles. The minimum Gasteiger partial charge on any atom is -0.492 e. The van der Waals surface area contributed by atoms with E-state index in [4.69, 9.17) is 16.2 Å². The zero-order chi connectivity index (χ0) is 13.0. The number of amides is 1. The number of anilines is 1. The second kappa shape index (κ2) is 5.22. The van der Waals surface area contributed by atoms with E-state index in [9.17, 15) is 4.79 Å². The molecule has 1 heterocycles. The summed E-state index contributed by atoms with van der Waals surface area (Å²) in [5.74, 6) is 0.230. The van der Waals surface area contributed by atoms with Crippen molar-refractivity contribution < 1.29 is 9.53 Å². The number of nitrogens with zero attached hydrogens (tertiary/aromatic N) is 2. The van der Waals surface area contributed by atoms with Gasteiger partial charge in [-0.1, -0.05) is 0 Å². The van der Waals surface area contributed by atoms with Gasteiger partial charge in [0.2, 0.25) is 5.91 Å². The maximum atomic E-state index is 10.9. The summed E-state index contributed by atoms with van der Waals surface area (Å²) in [7, 11) is 0. The van der Waals surface area contributed by atoms with Gasteiger partial charge in [-0.15, -0.1) is 0 Å². The Morgan fingerprint density at radius 1 is 1.33 bits per heavy atom. The Morgan fingerprint density at radius 2 is 2.06 bits per heavy atom. The molecule has 6 heteroatoms. The van der Waals surface area contributed by atoms with E-state index >= 15 is 0 Å². The number of aromatic nitrogens is 2. The Kier molecular flexibility index (Phi) is 3.47. The summed E-state index contributed by atoms with van der Waals surface area (Å²) in [4.78, 5) is 10.9. The van der Waals surface area contributed by atoms with Gasteiger partial charge in [-0.2, -0.15) is 5.10 Å². The van der Waals surface area contributed by atoms with Gasteiger partial charge in [0.15, 0.2) is 0 Å². The van der Waals surface area contributed by atoms with Crippen LogP contribution in [0.3, 0.4) is 0 Å². The quantitative estimate of drug-likeness (QED) is 0.809. The van der Waals surface area contributed by atoms with E-state index in [0.717, 1.165) is 0 Å². The van der Waals surface area contributed by atoms with Gasteiger partial charge in [-0.3, -0.25) is 9.48 Å². The summed E-state index contributed by atoms with van der Waals surface area (Å²) < 4.78 is 7.20. The van der Waals surface area contributed by atoms with Gasteiger partial charge in [-0.05, 0) is 24.3 Å². The van der Waals surface area contributed by atoms with Crippen LogP contribution in [-0.4, -0.2) is 22.3 Å². The molecule has 1 aromatic carbocycles. The van der Waals surface area contributed by atoms with Crippen LogP contribution in [0.2, 0.25) is 0 Å². The standard InChI is InChI=1S/C12H14N4O2/c13-10-7-15-16(8-10)5-6-18-11-3-1-9(2-4-11)12(14)17/h1-4,7-8H,5-6,13H2,(H2,14,17). The van der Waals surface area contributed by atoms with E-state index in [1.807, 2.05) is 0 Å². The average Bonchev–Trinajstić information content (AvgIpc) is 2.76. The lowest BCUT2D eigenvalue weighted by atomic mass is 10.2. The molecule has 6 nitrogen and oxygen atoms in total. The van der Waals surface area contributed by atoms with E-state index < -0.39 is 5.91 Å². The molecule has 94 valence electrons. The summed E-state index contributed by atoms with van der Waals surface area (Å²) in [6.07, 6.45) is 3.32. The molecule has 1 aromatic heterocycles. The van der Waals surface area contributed by atoms with Crippen molar-refractivity contribution in [1.82, 2.24) is 9.78 Å². The van der Waals surface area contributed by atoms with Crippen molar-refractivity contribution in [1.29, 1.82) is 0 Å². The fourth-order valence-corrected chi connectivity index (χ4v) is 1.47. The number of hydrogen-bond acceptors (Lipinski definition) is 4. The Labute approximate surface area is 104 Å². The van der Waals surface area contributed by atoms with E-state index in [0.29, 0.717) is 30.2 Å². The van der Waals surface area contributed by atoms with Crippen LogP contribution < -0.4 is 16.2 Å². The van der Waals surface area contributed by atoms with E-state index in [1.54, 1.807) is 41.3 Å². The van der Waals surface area contributed by atoms with Crippen LogP contribution in [0.5, 0.6) is 5.75 Å². The van der Waals surface area contributed by atoms with Gasteiger partial charge in [0, 0.05) is 11.8 Å². The lowest BCUT2D eigenvalue weighted by Gasteiger charge is -2.06. The number of nitrogens with two attached hydrogens (primary N) is 2. The SMILES string of the molecule is NC(=O)c1ccc(OCCn2cc(N)cn2)cc1. The minimum atomic E-state index is -0.450. The minimum absolute atomic E-state index is 0.450. The topological polar surface area (TPSA) is 96.2 Å². The average molecular weight is 246 g/mol. The van der Waals surface area contributed by atoms with Gasteiger partial charge in [-0.25, -0.2) is 0 Å². The summed E-state index contributed by atoms with van der Waals surface area (Å²) in [6.45, 7) is 1.08. The molecular weight excluding hydrogens is 232 g/mol. The van der Waals surface area contributed by atoms with Gasteiger partial charge >= 0.3 is 0 Å². The van der Waals surface area contributed by atoms with Crippen molar-refractivity contribution in [3.8, 4) is 5.75 Å². The monoisotopic (exact) mass is 246 g/mol. The molecule has 0 spiro atoms. The number of rotatable bonds is 5. The molecular formula is C12H14N4O2. The highest BCUT2D eigenvalue weighted by Crippen LogP contribution is 2.11. The zero-order valence-corrected chi connectivity index (χ0v) is 9.74. The van der Waals surface area contributed by atoms with Gasteiger partial charge < -0.3 is 16.2 Å². The Morgan fingerprint density at radius 3 is 2.61 bits per heavy atom. The largest absolute Gasteiger partial charge is 0.492 e. The van der Waals surface area contributed by atoms with Gasteiger partial charge in [0.1, 0.15) is 12.4 Å². The Hall–Kier alpha value is -2.50. The summed E-state index contributed by atoms with van der Waals surface area (Å²) in [5.41, 5.74) is 11.8. The van der Waals surface area contributed by atoms with Gasteiger partial charge in [0.25, 0.3) is 0 Å². The van der Waals surface area contributed by atoms with Crippen LogP contribution in [0.15, 0.2) is 36.7 Å². The van der Waals surface area contributed by atoms with Crippen molar-refractivity contribution >= 4 is 11.6 Å². The molecule has 2 aromatic rings. The highest BCUT2D eigenvalue weighted by molar-refractivity contribution is 5.92. The molecule has 0 saturated heterocycles. The zero-order valence-electron chi connectivity index (χ0n) is 9.74. The van der Waals surface area contributed by atoms with Crippen LogP contribution in [0.25, 0.3) is 0 Å². The fraction of sp³-hybridized carbons (Fsp3) is 0.167. The first-order chi connectivity index (χ1) is 8.65. The number of carbonyl (C=O) groups excluding carboxylic acids is 1. The van der Waals surface area contributed by atoms with E-state index in [2.05, 4.69) is 5.10 Å². The number of benzene rings is 1. The predicted molar refractivity (Wildman–Crippen MR) is 67.1 cm³/mol. The predicted octanol–water partition coefficient (Wildman–Crippen LogP) is 0.643. The normalized spacial score (nSPS) is 10.2. The van der Waals surface area contributed by atoms with Crippen molar-refractivity contribution in [2.24, 2.45) is 5.73 Å². The Bertz CT molecular complexity index is 533. The molecule has 18 heavy (non-hydrogen) atoms. The number of carbonyl (C=O) groups is 1. The second-order valence-electron chi connectivity index (χ2n) is 3.77. The van der Waals surface area contributed by atoms with E-state index in [-0.39, 0.29) is 0 Å². The van der Waals surface area contributed by atoms with Gasteiger partial charge in [0.05, 0.1) is 18.4 Å². The Balaban J connectivity index is 1.85. The molecule has 0 aliphatic rings. The first-order valence-corrected chi connectivity index (χ1v) is 5.46. The molecule has 0 unspecified atom stereocenters. The first-order valence-electron chi connectivity index (χ1n) is 5.46. The molecule has 0 atom stereocenters. The molecule has 0 bridgehead atoms. The van der Waals surface area contributed by atoms with Crippen LogP contribution in [0.4, 0.5) is 5.69 Å². The number of nitrogen functional groups attached to an aromatic ring is 1. The number of primary amides is 1. The van der Waals surface area contributed by atoms with Crippen LogP contribution in [0.1, 0.15) is 10.4 Å². The summed E-state index contributed by atoms with van der Waals surface area (Å²) >= 11 is 0. The van der Waals surface area contributed by atoms with Crippen molar-refractivity contribution in [3.05, 3.63) is 42.2 Å². The van der Waals surface area contributed by atoms with Crippen LogP contribution in [-0.2, 0) is 6.54 Å². The highest BCUT2D eigenvalue weighted by Gasteiger charge is 2.00. The molecule has 0 radical (unpaired) electrons.